The first kappa shape index (κ1) is 16.4. The van der Waals surface area contributed by atoms with Gasteiger partial charge in [0, 0.05) is 38.0 Å². The van der Waals surface area contributed by atoms with Gasteiger partial charge in [0.2, 0.25) is 5.88 Å². The molecule has 1 amide bonds. The minimum Gasteiger partial charge on any atom is -0.471 e. The number of hydrogen-bond donors (Lipinski definition) is 1. The lowest BCUT2D eigenvalue weighted by atomic mass is 10.2. The van der Waals surface area contributed by atoms with Crippen LogP contribution in [0.5, 0.6) is 5.88 Å². The summed E-state index contributed by atoms with van der Waals surface area (Å²) in [6.45, 7) is 1.21. The number of aromatic nitrogens is 3. The number of nitrogens with one attached hydrogen (secondary N) is 1. The van der Waals surface area contributed by atoms with Crippen LogP contribution in [0.25, 0.3) is 10.9 Å². The standard InChI is InChI=1S/C19H21N5O2/c1-23(2)17-10-20-11-18(22-17)26-14-7-8-24(12-14)19(25)16-9-13-5-3-4-6-15(13)21-16/h3-6,9-11,14,21H,7-8,12H2,1-2H3. The number of likely N-dealkylation sites (tertiary alicyclic amines) is 1. The van der Waals surface area contributed by atoms with Crippen LogP contribution < -0.4 is 9.64 Å². The maximum atomic E-state index is 12.8. The first-order valence-electron chi connectivity index (χ1n) is 8.63. The van der Waals surface area contributed by atoms with Gasteiger partial charge in [-0.3, -0.25) is 9.78 Å². The average molecular weight is 351 g/mol. The smallest absolute Gasteiger partial charge is 0.270 e. The quantitative estimate of drug-likeness (QED) is 0.781. The van der Waals surface area contributed by atoms with Gasteiger partial charge in [-0.05, 0) is 12.1 Å². The zero-order valence-electron chi connectivity index (χ0n) is 14.8. The Hall–Kier alpha value is -3.09. The van der Waals surface area contributed by atoms with Crippen molar-refractivity contribution in [3.63, 3.8) is 0 Å². The van der Waals surface area contributed by atoms with Crippen molar-refractivity contribution in [3.8, 4) is 5.88 Å². The normalized spacial score (nSPS) is 16.8. The summed E-state index contributed by atoms with van der Waals surface area (Å²) in [5.41, 5.74) is 1.58. The molecule has 3 aromatic rings. The van der Waals surface area contributed by atoms with Crippen molar-refractivity contribution in [2.45, 2.75) is 12.5 Å². The van der Waals surface area contributed by atoms with Crippen LogP contribution in [0, 0.1) is 0 Å². The van der Waals surface area contributed by atoms with Crippen molar-refractivity contribution in [1.29, 1.82) is 0 Å². The van der Waals surface area contributed by atoms with Crippen LogP contribution in [0.4, 0.5) is 5.82 Å². The second-order valence-corrected chi connectivity index (χ2v) is 6.66. The van der Waals surface area contributed by atoms with Gasteiger partial charge < -0.3 is 19.5 Å². The third kappa shape index (κ3) is 3.20. The van der Waals surface area contributed by atoms with Gasteiger partial charge in [0.1, 0.15) is 11.8 Å². The fraction of sp³-hybridized carbons (Fsp3) is 0.316. The van der Waals surface area contributed by atoms with Gasteiger partial charge in [-0.15, -0.1) is 0 Å². The maximum absolute atomic E-state index is 12.8. The first-order valence-corrected chi connectivity index (χ1v) is 8.63. The predicted octanol–water partition coefficient (Wildman–Crippen LogP) is 2.32. The molecule has 1 N–H and O–H groups in total. The van der Waals surface area contributed by atoms with E-state index in [0.717, 1.165) is 23.1 Å². The minimum atomic E-state index is -0.0740. The molecule has 0 radical (unpaired) electrons. The van der Waals surface area contributed by atoms with Gasteiger partial charge in [-0.2, -0.15) is 4.98 Å². The molecule has 134 valence electrons. The summed E-state index contributed by atoms with van der Waals surface area (Å²) >= 11 is 0. The molecule has 26 heavy (non-hydrogen) atoms. The molecule has 7 nitrogen and oxygen atoms in total. The molecular weight excluding hydrogens is 330 g/mol. The zero-order chi connectivity index (χ0) is 18.1. The lowest BCUT2D eigenvalue weighted by Gasteiger charge is -2.17. The van der Waals surface area contributed by atoms with Crippen LogP contribution in [0.1, 0.15) is 16.9 Å². The molecule has 1 aliphatic rings. The monoisotopic (exact) mass is 351 g/mol. The predicted molar refractivity (Wildman–Crippen MR) is 99.6 cm³/mol. The highest BCUT2D eigenvalue weighted by atomic mass is 16.5. The third-order valence-electron chi connectivity index (χ3n) is 4.54. The van der Waals surface area contributed by atoms with Gasteiger partial charge in [-0.25, -0.2) is 0 Å². The molecule has 0 spiro atoms. The number of fused-ring (bicyclic) bond motifs is 1. The van der Waals surface area contributed by atoms with Crippen molar-refractivity contribution >= 4 is 22.6 Å². The Morgan fingerprint density at radius 2 is 2.15 bits per heavy atom. The lowest BCUT2D eigenvalue weighted by Crippen LogP contribution is -2.31. The molecule has 3 heterocycles. The highest BCUT2D eigenvalue weighted by molar-refractivity contribution is 5.98. The highest BCUT2D eigenvalue weighted by Gasteiger charge is 2.29. The number of carbonyl (C=O) groups is 1. The summed E-state index contributed by atoms with van der Waals surface area (Å²) in [5.74, 6) is 1.23. The number of hydrogen-bond acceptors (Lipinski definition) is 5. The van der Waals surface area contributed by atoms with Crippen molar-refractivity contribution < 1.29 is 9.53 Å². The zero-order valence-corrected chi connectivity index (χ0v) is 14.8. The van der Waals surface area contributed by atoms with E-state index in [0.29, 0.717) is 24.7 Å². The summed E-state index contributed by atoms with van der Waals surface area (Å²) in [6, 6.07) is 9.79. The van der Waals surface area contributed by atoms with E-state index in [9.17, 15) is 4.79 Å². The lowest BCUT2D eigenvalue weighted by molar-refractivity contribution is 0.0766. The molecule has 1 unspecified atom stereocenters. The number of benzene rings is 1. The Bertz CT molecular complexity index is 903. The second-order valence-electron chi connectivity index (χ2n) is 6.66. The maximum Gasteiger partial charge on any atom is 0.270 e. The molecule has 7 heteroatoms. The fourth-order valence-corrected chi connectivity index (χ4v) is 3.15. The van der Waals surface area contributed by atoms with E-state index in [1.165, 1.54) is 0 Å². The minimum absolute atomic E-state index is 0.000395. The SMILES string of the molecule is CN(C)c1cncc(OC2CCN(C(=O)c3cc4ccccc4[nH]3)C2)n1. The summed E-state index contributed by atoms with van der Waals surface area (Å²) in [7, 11) is 3.81. The van der Waals surface area contributed by atoms with Crippen LogP contribution in [-0.4, -0.2) is 59.0 Å². The number of amides is 1. The average Bonchev–Trinajstić information content (AvgIpc) is 3.28. The molecular formula is C19H21N5O2. The van der Waals surface area contributed by atoms with E-state index in [1.54, 1.807) is 12.4 Å². The van der Waals surface area contributed by atoms with Crippen LogP contribution in [-0.2, 0) is 0 Å². The number of ether oxygens (including phenoxy) is 1. The molecule has 1 aromatic carbocycles. The summed E-state index contributed by atoms with van der Waals surface area (Å²) in [6.07, 6.45) is 4.00. The van der Waals surface area contributed by atoms with Gasteiger partial charge in [0.25, 0.3) is 5.91 Å². The molecule has 4 rings (SSSR count). The van der Waals surface area contributed by atoms with Crippen LogP contribution in [0.15, 0.2) is 42.7 Å². The van der Waals surface area contributed by atoms with Crippen molar-refractivity contribution in [1.82, 2.24) is 19.9 Å². The van der Waals surface area contributed by atoms with Crippen LogP contribution >= 0.6 is 0 Å². The fourth-order valence-electron chi connectivity index (χ4n) is 3.15. The Kier molecular flexibility index (Phi) is 4.20. The van der Waals surface area contributed by atoms with E-state index in [-0.39, 0.29) is 12.0 Å². The Morgan fingerprint density at radius 3 is 2.96 bits per heavy atom. The number of nitrogens with zero attached hydrogens (tertiary/aromatic N) is 4. The van der Waals surface area contributed by atoms with Crippen molar-refractivity contribution in [2.75, 3.05) is 32.1 Å². The summed E-state index contributed by atoms with van der Waals surface area (Å²) in [4.78, 5) is 28.2. The third-order valence-corrected chi connectivity index (χ3v) is 4.54. The van der Waals surface area contributed by atoms with Crippen molar-refractivity contribution in [2.24, 2.45) is 0 Å². The van der Waals surface area contributed by atoms with E-state index < -0.39 is 0 Å². The molecule has 0 bridgehead atoms. The summed E-state index contributed by atoms with van der Waals surface area (Å²) < 4.78 is 5.94. The van der Waals surface area contributed by atoms with Crippen LogP contribution in [0.3, 0.4) is 0 Å². The number of aromatic amines is 1. The van der Waals surface area contributed by atoms with Gasteiger partial charge in [0.15, 0.2) is 5.82 Å². The second kappa shape index (κ2) is 6.67. The van der Waals surface area contributed by atoms with E-state index in [4.69, 9.17) is 4.74 Å². The Labute approximate surface area is 151 Å². The number of rotatable bonds is 4. The number of H-pyrrole nitrogens is 1. The summed E-state index contributed by atoms with van der Waals surface area (Å²) in [5, 5.41) is 1.04. The molecule has 0 saturated carbocycles. The topological polar surface area (TPSA) is 74.3 Å². The number of carbonyl (C=O) groups excluding carboxylic acids is 1. The van der Waals surface area contributed by atoms with E-state index in [2.05, 4.69) is 15.0 Å². The van der Waals surface area contributed by atoms with Gasteiger partial charge >= 0.3 is 0 Å². The molecule has 1 atom stereocenters. The molecule has 1 saturated heterocycles. The molecule has 0 aliphatic carbocycles. The number of para-hydroxylation sites is 1. The molecule has 2 aromatic heterocycles. The first-order chi connectivity index (χ1) is 12.6. The van der Waals surface area contributed by atoms with Gasteiger partial charge in [0.05, 0.1) is 18.9 Å². The Morgan fingerprint density at radius 1 is 1.31 bits per heavy atom. The largest absolute Gasteiger partial charge is 0.471 e. The van der Waals surface area contributed by atoms with E-state index in [1.807, 2.05) is 54.2 Å². The number of anilines is 1. The highest BCUT2D eigenvalue weighted by Crippen LogP contribution is 2.21. The van der Waals surface area contributed by atoms with Crippen molar-refractivity contribution in [3.05, 3.63) is 48.4 Å². The van der Waals surface area contributed by atoms with Crippen LogP contribution in [0.2, 0.25) is 0 Å². The molecule has 1 fully saturated rings. The van der Waals surface area contributed by atoms with Gasteiger partial charge in [-0.1, -0.05) is 18.2 Å². The van der Waals surface area contributed by atoms with E-state index >= 15 is 0 Å². The Balaban J connectivity index is 1.43. The molecule has 1 aliphatic heterocycles.